The van der Waals surface area contributed by atoms with E-state index in [1.54, 1.807) is 10.9 Å². The van der Waals surface area contributed by atoms with Gasteiger partial charge in [-0.05, 0) is 25.1 Å². The number of hydrogen-bond donors (Lipinski definition) is 2. The molecule has 7 nitrogen and oxygen atoms in total. The summed E-state index contributed by atoms with van der Waals surface area (Å²) in [5, 5.41) is 12.6. The van der Waals surface area contributed by atoms with E-state index in [2.05, 4.69) is 15.8 Å². The van der Waals surface area contributed by atoms with Crippen LogP contribution in [-0.2, 0) is 4.79 Å². The highest BCUT2D eigenvalue weighted by Gasteiger charge is 2.17. The highest BCUT2D eigenvalue weighted by Crippen LogP contribution is 2.34. The first kappa shape index (κ1) is 24.4. The molecule has 5 aromatic rings. The number of rotatable bonds is 7. The second kappa shape index (κ2) is 10.8. The number of hydrazone groups is 1. The maximum atomic E-state index is 12.6. The fourth-order valence-electron chi connectivity index (χ4n) is 3.74. The maximum Gasteiger partial charge on any atom is 0.263 e. The van der Waals surface area contributed by atoms with Gasteiger partial charge >= 0.3 is 0 Å². The molecule has 0 saturated carbocycles. The van der Waals surface area contributed by atoms with Gasteiger partial charge in [0.1, 0.15) is 10.6 Å². The van der Waals surface area contributed by atoms with Gasteiger partial charge in [-0.3, -0.25) is 9.59 Å². The van der Waals surface area contributed by atoms with Crippen LogP contribution in [0.3, 0.4) is 0 Å². The van der Waals surface area contributed by atoms with E-state index in [0.717, 1.165) is 38.2 Å². The molecule has 2 N–H and O–H groups in total. The van der Waals surface area contributed by atoms with E-state index in [1.807, 2.05) is 92.0 Å². The molecule has 0 radical (unpaired) electrons. The number of aryl methyl sites for hydroxylation is 1. The molecule has 184 valence electrons. The predicted molar refractivity (Wildman–Crippen MR) is 149 cm³/mol. The van der Waals surface area contributed by atoms with Gasteiger partial charge in [-0.15, -0.1) is 11.3 Å². The lowest BCUT2D eigenvalue weighted by atomic mass is 10.1. The second-order valence-electron chi connectivity index (χ2n) is 8.30. The molecule has 0 aliphatic rings. The molecule has 0 saturated heterocycles. The summed E-state index contributed by atoms with van der Waals surface area (Å²) in [4.78, 5) is 25.3. The number of para-hydroxylation sites is 1. The Labute approximate surface area is 222 Å². The Kier molecular flexibility index (Phi) is 7.11. The Hall–Kier alpha value is -4.27. The van der Waals surface area contributed by atoms with Crippen molar-refractivity contribution in [2.24, 2.45) is 5.10 Å². The number of benzene rings is 3. The Morgan fingerprint density at radius 1 is 1.03 bits per heavy atom. The van der Waals surface area contributed by atoms with E-state index < -0.39 is 11.8 Å². The summed E-state index contributed by atoms with van der Waals surface area (Å²) in [6, 6.07) is 25.3. The first-order chi connectivity index (χ1) is 18.0. The molecule has 2 amide bonds. The Balaban J connectivity index is 1.27. The summed E-state index contributed by atoms with van der Waals surface area (Å²) in [7, 11) is 0. The van der Waals surface area contributed by atoms with Crippen molar-refractivity contribution in [1.29, 1.82) is 0 Å². The van der Waals surface area contributed by atoms with Crippen molar-refractivity contribution in [2.75, 3.05) is 6.54 Å². The molecule has 3 aromatic carbocycles. The monoisotopic (exact) mass is 527 g/mol. The number of hydrogen-bond acceptors (Lipinski definition) is 5. The molecular formula is C28H22ClN5O2S. The van der Waals surface area contributed by atoms with Crippen molar-refractivity contribution in [3.8, 4) is 16.9 Å². The third-order valence-electron chi connectivity index (χ3n) is 5.63. The van der Waals surface area contributed by atoms with Crippen LogP contribution in [0.4, 0.5) is 0 Å². The summed E-state index contributed by atoms with van der Waals surface area (Å²) in [5.41, 5.74) is 6.91. The number of halogens is 1. The van der Waals surface area contributed by atoms with Crippen molar-refractivity contribution < 1.29 is 9.59 Å². The molecule has 0 spiro atoms. The van der Waals surface area contributed by atoms with Gasteiger partial charge in [0.25, 0.3) is 11.8 Å². The molecular weight excluding hydrogens is 506 g/mol. The van der Waals surface area contributed by atoms with Crippen LogP contribution in [-0.4, -0.2) is 34.4 Å². The number of carbonyl (C=O) groups excluding carboxylic acids is 2. The SMILES string of the molecule is Cc1ccc(-c2nn(-c3ccccc3)cc2/C=N/NC(=O)CNC(=O)c2sc3ccccc3c2Cl)cc1. The van der Waals surface area contributed by atoms with Crippen molar-refractivity contribution in [2.45, 2.75) is 6.92 Å². The van der Waals surface area contributed by atoms with Crippen LogP contribution in [0.5, 0.6) is 0 Å². The van der Waals surface area contributed by atoms with Crippen LogP contribution < -0.4 is 10.7 Å². The molecule has 0 atom stereocenters. The summed E-state index contributed by atoms with van der Waals surface area (Å²) >= 11 is 7.64. The lowest BCUT2D eigenvalue weighted by Crippen LogP contribution is -2.34. The fourth-order valence-corrected chi connectivity index (χ4v) is 5.18. The number of nitrogens with zero attached hydrogens (tertiary/aromatic N) is 3. The number of amides is 2. The maximum absolute atomic E-state index is 12.6. The minimum atomic E-state index is -0.464. The molecule has 9 heteroatoms. The van der Waals surface area contributed by atoms with E-state index in [9.17, 15) is 9.59 Å². The number of fused-ring (bicyclic) bond motifs is 1. The molecule has 5 rings (SSSR count). The summed E-state index contributed by atoms with van der Waals surface area (Å²) in [6.45, 7) is 1.78. The largest absolute Gasteiger partial charge is 0.342 e. The van der Waals surface area contributed by atoms with E-state index >= 15 is 0 Å². The molecule has 0 unspecified atom stereocenters. The van der Waals surface area contributed by atoms with Gasteiger partial charge in [0, 0.05) is 27.4 Å². The van der Waals surface area contributed by atoms with Gasteiger partial charge in [-0.25, -0.2) is 10.1 Å². The zero-order valence-electron chi connectivity index (χ0n) is 19.8. The van der Waals surface area contributed by atoms with Gasteiger partial charge < -0.3 is 5.32 Å². The number of aromatic nitrogens is 2. The third-order valence-corrected chi connectivity index (χ3v) is 7.31. The van der Waals surface area contributed by atoms with Crippen molar-refractivity contribution in [1.82, 2.24) is 20.5 Å². The minimum Gasteiger partial charge on any atom is -0.342 e. The Morgan fingerprint density at radius 2 is 1.76 bits per heavy atom. The van der Waals surface area contributed by atoms with Crippen LogP contribution in [0.25, 0.3) is 27.0 Å². The van der Waals surface area contributed by atoms with E-state index in [4.69, 9.17) is 16.7 Å². The zero-order valence-corrected chi connectivity index (χ0v) is 21.4. The normalized spacial score (nSPS) is 11.2. The van der Waals surface area contributed by atoms with Gasteiger partial charge in [0.2, 0.25) is 0 Å². The number of carbonyl (C=O) groups is 2. The molecule has 37 heavy (non-hydrogen) atoms. The molecule has 2 heterocycles. The lowest BCUT2D eigenvalue weighted by molar-refractivity contribution is -0.120. The molecule has 0 aliphatic carbocycles. The molecule has 0 fully saturated rings. The summed E-state index contributed by atoms with van der Waals surface area (Å²) in [5.74, 6) is -0.870. The molecule has 0 aliphatic heterocycles. The predicted octanol–water partition coefficient (Wildman–Crippen LogP) is 5.60. The number of nitrogens with one attached hydrogen (secondary N) is 2. The summed E-state index contributed by atoms with van der Waals surface area (Å²) < 4.78 is 2.68. The Bertz CT molecular complexity index is 1610. The van der Waals surface area contributed by atoms with Gasteiger partial charge in [0.05, 0.1) is 23.5 Å². The van der Waals surface area contributed by atoms with Gasteiger partial charge in [-0.1, -0.05) is 77.8 Å². The Morgan fingerprint density at radius 3 is 2.51 bits per heavy atom. The highest BCUT2D eigenvalue weighted by molar-refractivity contribution is 7.21. The van der Waals surface area contributed by atoms with Gasteiger partial charge in [0.15, 0.2) is 0 Å². The first-order valence-corrected chi connectivity index (χ1v) is 12.7. The third kappa shape index (κ3) is 5.45. The van der Waals surface area contributed by atoms with E-state index in [0.29, 0.717) is 9.90 Å². The van der Waals surface area contributed by atoms with E-state index in [-0.39, 0.29) is 6.54 Å². The molecule has 2 aromatic heterocycles. The smallest absolute Gasteiger partial charge is 0.263 e. The summed E-state index contributed by atoms with van der Waals surface area (Å²) in [6.07, 6.45) is 3.40. The molecule has 0 bridgehead atoms. The second-order valence-corrected chi connectivity index (χ2v) is 9.73. The lowest BCUT2D eigenvalue weighted by Gasteiger charge is -2.03. The van der Waals surface area contributed by atoms with Crippen LogP contribution in [0.1, 0.15) is 20.8 Å². The fraction of sp³-hybridized carbons (Fsp3) is 0.0714. The topological polar surface area (TPSA) is 88.4 Å². The van der Waals surface area contributed by atoms with Crippen LogP contribution >= 0.6 is 22.9 Å². The zero-order chi connectivity index (χ0) is 25.8. The van der Waals surface area contributed by atoms with Crippen molar-refractivity contribution in [3.63, 3.8) is 0 Å². The minimum absolute atomic E-state index is 0.241. The van der Waals surface area contributed by atoms with Crippen molar-refractivity contribution in [3.05, 3.63) is 106 Å². The highest BCUT2D eigenvalue weighted by atomic mass is 35.5. The standard InChI is InChI=1S/C28H22ClN5O2S/c1-18-11-13-19(14-12-18)26-20(17-34(33-26)21-7-3-2-4-8-21)15-31-32-24(35)16-30-28(36)27-25(29)22-9-5-6-10-23(22)37-27/h2-15,17H,16H2,1H3,(H,30,36)(H,32,35)/b31-15+. The van der Waals surface area contributed by atoms with Crippen molar-refractivity contribution >= 4 is 51.1 Å². The first-order valence-electron chi connectivity index (χ1n) is 11.5. The van der Waals surface area contributed by atoms with Gasteiger partial charge in [-0.2, -0.15) is 10.2 Å². The quantitative estimate of drug-likeness (QED) is 0.213. The average molecular weight is 528 g/mol. The van der Waals surface area contributed by atoms with Crippen LogP contribution in [0, 0.1) is 6.92 Å². The van der Waals surface area contributed by atoms with E-state index in [1.165, 1.54) is 11.3 Å². The number of thiophene rings is 1. The average Bonchev–Trinajstić information content (AvgIpc) is 3.50. The van der Waals surface area contributed by atoms with Crippen LogP contribution in [0.15, 0.2) is 90.2 Å². The van der Waals surface area contributed by atoms with Crippen LogP contribution in [0.2, 0.25) is 5.02 Å².